The van der Waals surface area contributed by atoms with Crippen molar-refractivity contribution in [1.82, 2.24) is 4.90 Å². The van der Waals surface area contributed by atoms with Gasteiger partial charge in [-0.3, -0.25) is 9.59 Å². The van der Waals surface area contributed by atoms with Gasteiger partial charge in [-0.2, -0.15) is 0 Å². The number of aliphatic hydroxyl groups excluding tert-OH is 1. The lowest BCUT2D eigenvalue weighted by atomic mass is 9.94. The summed E-state index contributed by atoms with van der Waals surface area (Å²) < 4.78 is 11.2. The van der Waals surface area contributed by atoms with Crippen molar-refractivity contribution in [2.45, 2.75) is 32.0 Å². The molecule has 6 nitrogen and oxygen atoms in total. The average molecular weight is 490 g/mol. The number of benzene rings is 3. The summed E-state index contributed by atoms with van der Waals surface area (Å²) in [6, 6.07) is 18.8. The van der Waals surface area contributed by atoms with Gasteiger partial charge in [0, 0.05) is 22.6 Å². The first kappa shape index (κ1) is 23.0. The number of methoxy groups -OCH3 is 1. The van der Waals surface area contributed by atoms with E-state index >= 15 is 0 Å². The summed E-state index contributed by atoms with van der Waals surface area (Å²) in [5.74, 6) is -0.261. The molecule has 5 rings (SSSR count). The molecule has 1 saturated heterocycles. The molecule has 0 aromatic heterocycles. The molecule has 2 aliphatic rings. The molecule has 3 aromatic rings. The molecule has 2 heterocycles. The van der Waals surface area contributed by atoms with Gasteiger partial charge in [-0.05, 0) is 54.4 Å². The zero-order valence-corrected chi connectivity index (χ0v) is 20.1. The zero-order valence-electron chi connectivity index (χ0n) is 19.3. The molecule has 1 N–H and O–H groups in total. The Hall–Kier alpha value is -3.77. The van der Waals surface area contributed by atoms with Crippen molar-refractivity contribution >= 4 is 29.1 Å². The number of likely N-dealkylation sites (tertiary alicyclic amines) is 1. The Morgan fingerprint density at radius 1 is 1.11 bits per heavy atom. The van der Waals surface area contributed by atoms with Crippen molar-refractivity contribution < 1.29 is 24.2 Å². The lowest BCUT2D eigenvalue weighted by molar-refractivity contribution is -0.140. The predicted octanol–water partition coefficient (Wildman–Crippen LogP) is 5.29. The number of para-hydroxylation sites is 1. The number of ether oxygens (including phenoxy) is 2. The van der Waals surface area contributed by atoms with Crippen molar-refractivity contribution in [3.63, 3.8) is 0 Å². The van der Waals surface area contributed by atoms with E-state index in [0.29, 0.717) is 28.3 Å². The maximum Gasteiger partial charge on any atom is 0.295 e. The highest BCUT2D eigenvalue weighted by molar-refractivity contribution is 6.46. The van der Waals surface area contributed by atoms with E-state index in [1.54, 1.807) is 49.6 Å². The van der Waals surface area contributed by atoms with Crippen LogP contribution in [0.4, 0.5) is 0 Å². The van der Waals surface area contributed by atoms with Crippen LogP contribution in [0.2, 0.25) is 5.02 Å². The van der Waals surface area contributed by atoms with Crippen LogP contribution in [0.25, 0.3) is 5.76 Å². The van der Waals surface area contributed by atoms with Gasteiger partial charge in [-0.25, -0.2) is 0 Å². The number of hydrogen-bond acceptors (Lipinski definition) is 5. The summed E-state index contributed by atoms with van der Waals surface area (Å²) in [4.78, 5) is 28.1. The largest absolute Gasteiger partial charge is 0.507 e. The van der Waals surface area contributed by atoms with Gasteiger partial charge in [0.1, 0.15) is 23.4 Å². The van der Waals surface area contributed by atoms with Gasteiger partial charge in [0.25, 0.3) is 11.7 Å². The lowest BCUT2D eigenvalue weighted by Gasteiger charge is -2.26. The molecule has 0 spiro atoms. The molecule has 178 valence electrons. The normalized spacial score (nSPS) is 20.6. The van der Waals surface area contributed by atoms with Gasteiger partial charge in [0.15, 0.2) is 0 Å². The number of ketones is 1. The summed E-state index contributed by atoms with van der Waals surface area (Å²) in [5.41, 5.74) is 2.88. The number of rotatable bonds is 5. The SMILES string of the molecule is COc1ccccc1CN1C(=O)C(=O)/C(=C(\O)c2ccc3c(c2)CC(C)O3)C1c1ccc(Cl)cc1. The molecular weight excluding hydrogens is 466 g/mol. The molecule has 1 fully saturated rings. The number of carbonyl (C=O) groups is 2. The number of fused-ring (bicyclic) bond motifs is 1. The first-order valence-electron chi connectivity index (χ1n) is 11.3. The van der Waals surface area contributed by atoms with Crippen LogP contribution >= 0.6 is 11.6 Å². The standard InChI is InChI=1S/C28H24ClNO5/c1-16-13-20-14-18(9-12-23(20)35-16)26(31)24-25(17-7-10-21(29)11-8-17)30(28(33)27(24)32)15-19-5-3-4-6-22(19)34-2/h3-12,14,16,25,31H,13,15H2,1-2H3/b26-24-. The third-order valence-corrected chi connectivity index (χ3v) is 6.68. The van der Waals surface area contributed by atoms with E-state index < -0.39 is 17.7 Å². The van der Waals surface area contributed by atoms with Gasteiger partial charge in [-0.1, -0.05) is 41.9 Å². The molecule has 1 amide bonds. The minimum absolute atomic E-state index is 0.0409. The molecule has 7 heteroatoms. The summed E-state index contributed by atoms with van der Waals surface area (Å²) in [6.45, 7) is 2.11. The Bertz CT molecular complexity index is 1350. The van der Waals surface area contributed by atoms with Crippen LogP contribution in [0.15, 0.2) is 72.3 Å². The van der Waals surface area contributed by atoms with Gasteiger partial charge in [0.05, 0.1) is 25.3 Å². The number of Topliss-reactive ketones (excluding diaryl/α,β-unsaturated/α-hetero) is 1. The van der Waals surface area contributed by atoms with Crippen molar-refractivity contribution in [1.29, 1.82) is 0 Å². The van der Waals surface area contributed by atoms with Crippen LogP contribution in [-0.2, 0) is 22.6 Å². The monoisotopic (exact) mass is 489 g/mol. The van der Waals surface area contributed by atoms with E-state index in [4.69, 9.17) is 21.1 Å². The predicted molar refractivity (Wildman–Crippen MR) is 133 cm³/mol. The van der Waals surface area contributed by atoms with Gasteiger partial charge >= 0.3 is 0 Å². The number of halogens is 1. The number of nitrogens with zero attached hydrogens (tertiary/aromatic N) is 1. The fourth-order valence-electron chi connectivity index (χ4n) is 4.78. The van der Waals surface area contributed by atoms with E-state index in [1.165, 1.54) is 4.90 Å². The minimum atomic E-state index is -0.791. The van der Waals surface area contributed by atoms with Crippen molar-refractivity contribution in [3.05, 3.63) is 99.6 Å². The Morgan fingerprint density at radius 3 is 2.60 bits per heavy atom. The summed E-state index contributed by atoms with van der Waals surface area (Å²) in [7, 11) is 1.56. The second-order valence-corrected chi connectivity index (χ2v) is 9.18. The second kappa shape index (κ2) is 9.12. The van der Waals surface area contributed by atoms with E-state index in [1.807, 2.05) is 31.2 Å². The van der Waals surface area contributed by atoms with Gasteiger partial charge < -0.3 is 19.5 Å². The average Bonchev–Trinajstić information content (AvgIpc) is 3.35. The fraction of sp³-hybridized carbons (Fsp3) is 0.214. The van der Waals surface area contributed by atoms with Crippen LogP contribution in [0.1, 0.15) is 35.2 Å². The third kappa shape index (κ3) is 4.15. The Labute approximate surface area is 208 Å². The second-order valence-electron chi connectivity index (χ2n) is 8.75. The molecule has 0 aliphatic carbocycles. The zero-order chi connectivity index (χ0) is 24.7. The van der Waals surface area contributed by atoms with E-state index in [9.17, 15) is 14.7 Å². The highest BCUT2D eigenvalue weighted by Crippen LogP contribution is 2.42. The van der Waals surface area contributed by atoms with Crippen LogP contribution in [-0.4, -0.2) is 34.9 Å². The first-order chi connectivity index (χ1) is 16.9. The van der Waals surface area contributed by atoms with Crippen LogP contribution in [0.3, 0.4) is 0 Å². The Kier molecular flexibility index (Phi) is 5.99. The molecule has 2 aliphatic heterocycles. The number of carbonyl (C=O) groups excluding carboxylic acids is 2. The minimum Gasteiger partial charge on any atom is -0.507 e. The molecule has 2 unspecified atom stereocenters. The fourth-order valence-corrected chi connectivity index (χ4v) is 4.90. The third-order valence-electron chi connectivity index (χ3n) is 6.43. The summed E-state index contributed by atoms with van der Waals surface area (Å²) in [6.07, 6.45) is 0.752. The van der Waals surface area contributed by atoms with Gasteiger partial charge in [-0.15, -0.1) is 0 Å². The molecule has 0 radical (unpaired) electrons. The van der Waals surface area contributed by atoms with Gasteiger partial charge in [0.2, 0.25) is 0 Å². The molecule has 2 atom stereocenters. The smallest absolute Gasteiger partial charge is 0.295 e. The molecule has 3 aromatic carbocycles. The lowest BCUT2D eigenvalue weighted by Crippen LogP contribution is -2.29. The molecule has 0 saturated carbocycles. The number of hydrogen-bond donors (Lipinski definition) is 1. The van der Waals surface area contributed by atoms with Crippen molar-refractivity contribution in [2.75, 3.05) is 7.11 Å². The molecule has 0 bridgehead atoms. The highest BCUT2D eigenvalue weighted by atomic mass is 35.5. The topological polar surface area (TPSA) is 76.1 Å². The summed E-state index contributed by atoms with van der Waals surface area (Å²) in [5, 5.41) is 11.9. The van der Waals surface area contributed by atoms with Crippen LogP contribution in [0.5, 0.6) is 11.5 Å². The van der Waals surface area contributed by atoms with E-state index in [2.05, 4.69) is 0 Å². The first-order valence-corrected chi connectivity index (χ1v) is 11.7. The molecule has 35 heavy (non-hydrogen) atoms. The quantitative estimate of drug-likeness (QED) is 0.299. The number of amides is 1. The maximum absolute atomic E-state index is 13.3. The van der Waals surface area contributed by atoms with Crippen LogP contribution in [0, 0.1) is 0 Å². The Balaban J connectivity index is 1.63. The highest BCUT2D eigenvalue weighted by Gasteiger charge is 2.46. The molecular formula is C28H24ClNO5. The van der Waals surface area contributed by atoms with Crippen LogP contribution < -0.4 is 9.47 Å². The van der Waals surface area contributed by atoms with E-state index in [0.717, 1.165) is 16.9 Å². The number of aliphatic hydroxyl groups is 1. The summed E-state index contributed by atoms with van der Waals surface area (Å²) >= 11 is 6.10. The maximum atomic E-state index is 13.3. The van der Waals surface area contributed by atoms with Crippen molar-refractivity contribution in [2.24, 2.45) is 0 Å². The van der Waals surface area contributed by atoms with E-state index in [-0.39, 0.29) is 24.0 Å². The van der Waals surface area contributed by atoms with Crippen molar-refractivity contribution in [3.8, 4) is 11.5 Å². The Morgan fingerprint density at radius 2 is 1.86 bits per heavy atom.